The Morgan fingerprint density at radius 1 is 1.26 bits per heavy atom. The molecule has 0 spiro atoms. The molecule has 0 atom stereocenters. The second-order valence-corrected chi connectivity index (χ2v) is 8.83. The fourth-order valence-electron chi connectivity index (χ4n) is 1.76. The smallest absolute Gasteiger partial charge is 0.238 e. The number of hydrogen-bond donors (Lipinski definition) is 3. The van der Waals surface area contributed by atoms with Gasteiger partial charge in [-0.25, -0.2) is 13.6 Å². The Morgan fingerprint density at radius 2 is 1.87 bits per heavy atom. The van der Waals surface area contributed by atoms with Gasteiger partial charge in [-0.2, -0.15) is 11.8 Å². The minimum Gasteiger partial charge on any atom is -0.356 e. The van der Waals surface area contributed by atoms with E-state index in [1.165, 1.54) is 12.1 Å². The van der Waals surface area contributed by atoms with Gasteiger partial charge in [-0.3, -0.25) is 4.99 Å². The first-order valence-corrected chi connectivity index (χ1v) is 10.1. The second kappa shape index (κ2) is 8.56. The molecule has 0 saturated carbocycles. The zero-order valence-corrected chi connectivity index (χ0v) is 15.7. The summed E-state index contributed by atoms with van der Waals surface area (Å²) in [6, 6.07) is 6.60. The van der Waals surface area contributed by atoms with Crippen LogP contribution in [0.15, 0.2) is 34.2 Å². The van der Waals surface area contributed by atoms with Crippen molar-refractivity contribution in [3.63, 3.8) is 0 Å². The highest BCUT2D eigenvalue weighted by Crippen LogP contribution is 2.19. The van der Waals surface area contributed by atoms with Crippen LogP contribution in [0, 0.1) is 0 Å². The minimum atomic E-state index is -3.63. The SMILES string of the molecule is CN=C(NCCc1ccc(S(N)(=O)=O)cc1)NCC(C)(C)SC. The number of nitrogens with two attached hydrogens (primary N) is 1. The molecule has 0 heterocycles. The van der Waals surface area contributed by atoms with Crippen molar-refractivity contribution in [2.24, 2.45) is 10.1 Å². The molecule has 1 aromatic carbocycles. The molecule has 0 aliphatic rings. The predicted octanol–water partition coefficient (Wildman–Crippen LogP) is 1.18. The molecule has 23 heavy (non-hydrogen) atoms. The molecule has 8 heteroatoms. The second-order valence-electron chi connectivity index (χ2n) is 5.76. The van der Waals surface area contributed by atoms with E-state index in [0.717, 1.165) is 24.5 Å². The normalized spacial score (nSPS) is 13.0. The molecule has 0 aliphatic heterocycles. The van der Waals surface area contributed by atoms with Gasteiger partial charge in [-0.05, 0) is 44.2 Å². The Hall–Kier alpha value is -1.25. The third kappa shape index (κ3) is 7.24. The number of aliphatic imine (C=N–C) groups is 1. The van der Waals surface area contributed by atoms with Gasteiger partial charge in [-0.1, -0.05) is 12.1 Å². The van der Waals surface area contributed by atoms with Crippen molar-refractivity contribution in [1.82, 2.24) is 10.6 Å². The molecular formula is C15H26N4O2S2. The molecule has 0 bridgehead atoms. The summed E-state index contributed by atoms with van der Waals surface area (Å²) in [4.78, 5) is 4.32. The maximum absolute atomic E-state index is 11.2. The van der Waals surface area contributed by atoms with Gasteiger partial charge in [0, 0.05) is 24.9 Å². The zero-order chi connectivity index (χ0) is 17.5. The number of hydrogen-bond acceptors (Lipinski definition) is 4. The van der Waals surface area contributed by atoms with Crippen LogP contribution in [0.2, 0.25) is 0 Å². The molecule has 0 amide bonds. The van der Waals surface area contributed by atoms with E-state index >= 15 is 0 Å². The number of thioether (sulfide) groups is 1. The molecule has 0 aromatic heterocycles. The van der Waals surface area contributed by atoms with Gasteiger partial charge < -0.3 is 10.6 Å². The molecule has 4 N–H and O–H groups in total. The Morgan fingerprint density at radius 3 is 2.35 bits per heavy atom. The van der Waals surface area contributed by atoms with Crippen LogP contribution in [-0.2, 0) is 16.4 Å². The maximum Gasteiger partial charge on any atom is 0.238 e. The van der Waals surface area contributed by atoms with Gasteiger partial charge in [0.05, 0.1) is 4.90 Å². The molecule has 1 rings (SSSR count). The topological polar surface area (TPSA) is 96.6 Å². The van der Waals surface area contributed by atoms with Crippen LogP contribution in [0.4, 0.5) is 0 Å². The number of rotatable bonds is 7. The summed E-state index contributed by atoms with van der Waals surface area (Å²) in [5, 5.41) is 11.6. The standard InChI is InChI=1S/C15H26N4O2S2/c1-15(2,22-4)11-19-14(17-3)18-10-9-12-5-7-13(8-6-12)23(16,20)21/h5-8H,9-11H2,1-4H3,(H2,16,20,21)(H2,17,18,19). The van der Waals surface area contributed by atoms with Crippen molar-refractivity contribution in [1.29, 1.82) is 0 Å². The summed E-state index contributed by atoms with van der Waals surface area (Å²) in [7, 11) is -1.89. The fourth-order valence-corrected chi connectivity index (χ4v) is 2.49. The van der Waals surface area contributed by atoms with Gasteiger partial charge >= 0.3 is 0 Å². The summed E-state index contributed by atoms with van der Waals surface area (Å²) in [5.74, 6) is 0.758. The van der Waals surface area contributed by atoms with Crippen LogP contribution in [0.1, 0.15) is 19.4 Å². The highest BCUT2D eigenvalue weighted by atomic mass is 32.2. The average molecular weight is 359 g/mol. The average Bonchev–Trinajstić information content (AvgIpc) is 2.50. The van der Waals surface area contributed by atoms with E-state index in [4.69, 9.17) is 5.14 Å². The lowest BCUT2D eigenvalue weighted by atomic mass is 10.1. The number of sulfonamides is 1. The van der Waals surface area contributed by atoms with E-state index in [-0.39, 0.29) is 9.64 Å². The van der Waals surface area contributed by atoms with E-state index in [1.807, 2.05) is 0 Å². The summed E-state index contributed by atoms with van der Waals surface area (Å²) >= 11 is 1.80. The third-order valence-electron chi connectivity index (χ3n) is 3.42. The molecule has 130 valence electrons. The predicted molar refractivity (Wildman–Crippen MR) is 98.5 cm³/mol. The first-order valence-electron chi connectivity index (χ1n) is 7.29. The molecule has 0 aliphatic carbocycles. The summed E-state index contributed by atoms with van der Waals surface area (Å²) in [6.07, 6.45) is 2.85. The van der Waals surface area contributed by atoms with Crippen LogP contribution < -0.4 is 15.8 Å². The highest BCUT2D eigenvalue weighted by Gasteiger charge is 2.16. The number of primary sulfonamides is 1. The highest BCUT2D eigenvalue weighted by molar-refractivity contribution is 7.99. The lowest BCUT2D eigenvalue weighted by molar-refractivity contribution is 0.598. The molecule has 0 fully saturated rings. The van der Waals surface area contributed by atoms with E-state index < -0.39 is 10.0 Å². The number of guanidine groups is 1. The monoisotopic (exact) mass is 358 g/mol. The maximum atomic E-state index is 11.2. The van der Waals surface area contributed by atoms with Crippen LogP contribution in [0.5, 0.6) is 0 Å². The first-order chi connectivity index (χ1) is 10.7. The van der Waals surface area contributed by atoms with Crippen molar-refractivity contribution in [2.75, 3.05) is 26.4 Å². The van der Waals surface area contributed by atoms with Gasteiger partial charge in [0.2, 0.25) is 10.0 Å². The lowest BCUT2D eigenvalue weighted by Gasteiger charge is -2.23. The van der Waals surface area contributed by atoms with Gasteiger partial charge in [-0.15, -0.1) is 0 Å². The molecular weight excluding hydrogens is 332 g/mol. The Labute approximate surface area is 143 Å². The number of nitrogens with zero attached hydrogens (tertiary/aromatic N) is 1. The summed E-state index contributed by atoms with van der Waals surface area (Å²) in [5.41, 5.74) is 1.03. The zero-order valence-electron chi connectivity index (χ0n) is 14.1. The van der Waals surface area contributed by atoms with Crippen molar-refractivity contribution in [3.05, 3.63) is 29.8 Å². The first kappa shape index (κ1) is 19.8. The van der Waals surface area contributed by atoms with Gasteiger partial charge in [0.25, 0.3) is 0 Å². The van der Waals surface area contributed by atoms with E-state index in [0.29, 0.717) is 6.54 Å². The van der Waals surface area contributed by atoms with Crippen molar-refractivity contribution < 1.29 is 8.42 Å². The van der Waals surface area contributed by atoms with Crippen molar-refractivity contribution >= 4 is 27.7 Å². The largest absolute Gasteiger partial charge is 0.356 e. The molecule has 0 radical (unpaired) electrons. The van der Waals surface area contributed by atoms with E-state index in [2.05, 4.69) is 35.7 Å². The van der Waals surface area contributed by atoms with Crippen LogP contribution >= 0.6 is 11.8 Å². The van der Waals surface area contributed by atoms with Crippen LogP contribution in [0.3, 0.4) is 0 Å². The number of benzene rings is 1. The third-order valence-corrected chi connectivity index (χ3v) is 5.59. The molecule has 6 nitrogen and oxygen atoms in total. The Bertz CT molecular complexity index is 625. The van der Waals surface area contributed by atoms with Crippen LogP contribution in [0.25, 0.3) is 0 Å². The fraction of sp³-hybridized carbons (Fsp3) is 0.533. The molecule has 0 unspecified atom stereocenters. The summed E-state index contributed by atoms with van der Waals surface area (Å²) < 4.78 is 22.5. The Balaban J connectivity index is 2.46. The van der Waals surface area contributed by atoms with Gasteiger partial charge in [0.1, 0.15) is 0 Å². The van der Waals surface area contributed by atoms with E-state index in [1.54, 1.807) is 30.9 Å². The molecule has 0 saturated heterocycles. The molecule has 1 aromatic rings. The van der Waals surface area contributed by atoms with Crippen molar-refractivity contribution in [2.45, 2.75) is 29.9 Å². The quantitative estimate of drug-likeness (QED) is 0.502. The lowest BCUT2D eigenvalue weighted by Crippen LogP contribution is -2.43. The number of nitrogens with one attached hydrogen (secondary N) is 2. The Kier molecular flexibility index (Phi) is 7.37. The van der Waals surface area contributed by atoms with Crippen LogP contribution in [-0.4, -0.2) is 45.5 Å². The van der Waals surface area contributed by atoms with E-state index in [9.17, 15) is 8.42 Å². The minimum absolute atomic E-state index is 0.131. The summed E-state index contributed by atoms with van der Waals surface area (Å²) in [6.45, 7) is 5.86. The van der Waals surface area contributed by atoms with Crippen molar-refractivity contribution in [3.8, 4) is 0 Å². The van der Waals surface area contributed by atoms with Gasteiger partial charge in [0.15, 0.2) is 5.96 Å².